The topological polar surface area (TPSA) is 79.7 Å². The molecule has 1 unspecified atom stereocenters. The molecule has 1 aliphatic rings. The Balaban J connectivity index is 2.06. The molecule has 1 N–H and O–H groups in total. The third kappa shape index (κ3) is 3.76. The van der Waals surface area contributed by atoms with Crippen molar-refractivity contribution in [3.8, 4) is 5.75 Å². The van der Waals surface area contributed by atoms with E-state index in [1.807, 2.05) is 20.8 Å². The van der Waals surface area contributed by atoms with Crippen LogP contribution in [0, 0.1) is 5.92 Å². The number of rotatable bonds is 7. The van der Waals surface area contributed by atoms with Gasteiger partial charge in [-0.3, -0.25) is 19.5 Å². The van der Waals surface area contributed by atoms with Crippen molar-refractivity contribution in [2.24, 2.45) is 5.92 Å². The molecule has 0 bridgehead atoms. The molecule has 0 saturated carbocycles. The number of anilines is 1. The number of hydrogen-bond acceptors (Lipinski definition) is 5. The van der Waals surface area contributed by atoms with E-state index in [2.05, 4.69) is 4.98 Å². The Labute approximate surface area is 164 Å². The van der Waals surface area contributed by atoms with Gasteiger partial charge in [0.1, 0.15) is 11.8 Å². The molecule has 146 valence electrons. The first-order chi connectivity index (χ1) is 13.4. The Morgan fingerprint density at radius 2 is 1.93 bits per heavy atom. The minimum Gasteiger partial charge on any atom is -0.503 e. The van der Waals surface area contributed by atoms with Crippen LogP contribution in [0.25, 0.3) is 0 Å². The van der Waals surface area contributed by atoms with Crippen LogP contribution >= 0.6 is 0 Å². The lowest BCUT2D eigenvalue weighted by Crippen LogP contribution is -2.31. The Morgan fingerprint density at radius 3 is 2.50 bits per heavy atom. The lowest BCUT2D eigenvalue weighted by Gasteiger charge is -2.26. The predicted molar refractivity (Wildman–Crippen MR) is 106 cm³/mol. The van der Waals surface area contributed by atoms with Gasteiger partial charge < -0.3 is 9.84 Å². The fourth-order valence-electron chi connectivity index (χ4n) is 3.32. The summed E-state index contributed by atoms with van der Waals surface area (Å²) in [5.41, 5.74) is 1.19. The number of hydrogen-bond donors (Lipinski definition) is 1. The maximum atomic E-state index is 12.9. The summed E-state index contributed by atoms with van der Waals surface area (Å²) in [7, 11) is 0. The highest BCUT2D eigenvalue weighted by molar-refractivity contribution is 6.16. The molecule has 6 heteroatoms. The smallest absolute Gasteiger partial charge is 0.294 e. The van der Waals surface area contributed by atoms with Crippen LogP contribution in [0.3, 0.4) is 0 Å². The summed E-state index contributed by atoms with van der Waals surface area (Å²) in [4.78, 5) is 31.5. The molecule has 3 rings (SSSR count). The van der Waals surface area contributed by atoms with E-state index in [4.69, 9.17) is 4.74 Å². The lowest BCUT2D eigenvalue weighted by molar-refractivity contribution is -0.118. The van der Waals surface area contributed by atoms with Gasteiger partial charge in [-0.25, -0.2) is 0 Å². The Hall–Kier alpha value is -3.15. The first-order valence-electron chi connectivity index (χ1n) is 9.37. The highest BCUT2D eigenvalue weighted by Crippen LogP contribution is 2.41. The maximum absolute atomic E-state index is 12.9. The second-order valence-corrected chi connectivity index (χ2v) is 7.04. The summed E-state index contributed by atoms with van der Waals surface area (Å²) < 4.78 is 5.46. The van der Waals surface area contributed by atoms with Crippen molar-refractivity contribution in [3.05, 3.63) is 65.7 Å². The van der Waals surface area contributed by atoms with Gasteiger partial charge in [-0.05, 0) is 49.2 Å². The van der Waals surface area contributed by atoms with Gasteiger partial charge in [-0.1, -0.05) is 19.9 Å². The van der Waals surface area contributed by atoms with Gasteiger partial charge in [0.2, 0.25) is 0 Å². The molecule has 1 aromatic heterocycles. The zero-order chi connectivity index (χ0) is 20.3. The monoisotopic (exact) mass is 380 g/mol. The number of pyridine rings is 1. The van der Waals surface area contributed by atoms with Crippen molar-refractivity contribution in [2.75, 3.05) is 11.5 Å². The zero-order valence-corrected chi connectivity index (χ0v) is 16.3. The van der Waals surface area contributed by atoms with Crippen LogP contribution in [0.1, 0.15) is 38.9 Å². The van der Waals surface area contributed by atoms with Gasteiger partial charge in [-0.2, -0.15) is 0 Å². The number of nitrogens with zero attached hydrogens (tertiary/aromatic N) is 2. The van der Waals surface area contributed by atoms with E-state index >= 15 is 0 Å². The maximum Gasteiger partial charge on any atom is 0.294 e. The molecule has 0 aliphatic carbocycles. The molecule has 0 spiro atoms. The number of ketones is 1. The van der Waals surface area contributed by atoms with E-state index < -0.39 is 17.7 Å². The first-order valence-corrected chi connectivity index (χ1v) is 9.37. The van der Waals surface area contributed by atoms with E-state index in [-0.39, 0.29) is 23.7 Å². The third-order valence-electron chi connectivity index (χ3n) is 4.50. The normalized spacial score (nSPS) is 16.8. The highest BCUT2D eigenvalue weighted by atomic mass is 16.5. The number of carbonyl (C=O) groups excluding carboxylic acids is 2. The van der Waals surface area contributed by atoms with Gasteiger partial charge in [0.15, 0.2) is 11.5 Å². The van der Waals surface area contributed by atoms with Crippen molar-refractivity contribution in [2.45, 2.75) is 33.2 Å². The summed E-state index contributed by atoms with van der Waals surface area (Å²) in [5, 5.41) is 10.6. The molecule has 0 fully saturated rings. The number of amides is 1. The van der Waals surface area contributed by atoms with E-state index in [0.29, 0.717) is 23.7 Å². The minimum atomic E-state index is -0.766. The van der Waals surface area contributed by atoms with Gasteiger partial charge in [0.05, 0.1) is 17.9 Å². The second-order valence-electron chi connectivity index (χ2n) is 7.04. The van der Waals surface area contributed by atoms with Crippen molar-refractivity contribution >= 4 is 17.4 Å². The molecule has 28 heavy (non-hydrogen) atoms. The van der Waals surface area contributed by atoms with Crippen LogP contribution < -0.4 is 9.64 Å². The summed E-state index contributed by atoms with van der Waals surface area (Å²) in [6.45, 7) is 6.27. The van der Waals surface area contributed by atoms with Gasteiger partial charge in [0.25, 0.3) is 5.91 Å². The zero-order valence-electron chi connectivity index (χ0n) is 16.3. The molecule has 1 aliphatic heterocycles. The molecular formula is C22H24N2O4. The standard InChI is InChI=1S/C22H24N2O4/c1-4-28-16-10-8-15(9-11-16)24-20(17-7-5-6-12-23-17)19(21(26)22(24)27)18(25)13-14(2)3/h5-12,14,20,26H,4,13H2,1-3H3. The van der Waals surface area contributed by atoms with Crippen LogP contribution in [0.2, 0.25) is 0 Å². The largest absolute Gasteiger partial charge is 0.503 e. The van der Waals surface area contributed by atoms with Crippen LogP contribution in [0.4, 0.5) is 5.69 Å². The highest BCUT2D eigenvalue weighted by Gasteiger charge is 2.44. The van der Waals surface area contributed by atoms with Crippen molar-refractivity contribution in [1.29, 1.82) is 0 Å². The summed E-state index contributed by atoms with van der Waals surface area (Å²) in [6, 6.07) is 11.5. The van der Waals surface area contributed by atoms with Gasteiger partial charge in [0, 0.05) is 18.3 Å². The van der Waals surface area contributed by atoms with Crippen molar-refractivity contribution in [1.82, 2.24) is 4.98 Å². The number of ether oxygens (including phenoxy) is 1. The van der Waals surface area contributed by atoms with Crippen LogP contribution in [-0.4, -0.2) is 28.4 Å². The van der Waals surface area contributed by atoms with Gasteiger partial charge >= 0.3 is 0 Å². The molecular weight excluding hydrogens is 356 g/mol. The summed E-state index contributed by atoms with van der Waals surface area (Å²) in [6.07, 6.45) is 1.85. The number of carbonyl (C=O) groups is 2. The summed E-state index contributed by atoms with van der Waals surface area (Å²) in [5.74, 6) is -0.570. The van der Waals surface area contributed by atoms with Crippen molar-refractivity contribution < 1.29 is 19.4 Å². The number of Topliss-reactive ketones (excluding diaryl/α,β-unsaturated/α-hetero) is 1. The van der Waals surface area contributed by atoms with Crippen molar-refractivity contribution in [3.63, 3.8) is 0 Å². The van der Waals surface area contributed by atoms with Crippen LogP contribution in [0.15, 0.2) is 60.0 Å². The molecule has 6 nitrogen and oxygen atoms in total. The summed E-state index contributed by atoms with van der Waals surface area (Å²) >= 11 is 0. The number of aliphatic hydroxyl groups excluding tert-OH is 1. The molecule has 2 heterocycles. The lowest BCUT2D eigenvalue weighted by atomic mass is 9.94. The molecule has 0 saturated heterocycles. The molecule has 1 amide bonds. The minimum absolute atomic E-state index is 0.103. The average Bonchev–Trinajstić information content (AvgIpc) is 2.94. The second kappa shape index (κ2) is 8.25. The quantitative estimate of drug-likeness (QED) is 0.785. The molecule has 0 radical (unpaired) electrons. The Morgan fingerprint density at radius 1 is 1.21 bits per heavy atom. The Kier molecular flexibility index (Phi) is 5.78. The fourth-order valence-corrected chi connectivity index (χ4v) is 3.32. The predicted octanol–water partition coefficient (Wildman–Crippen LogP) is 4.00. The van der Waals surface area contributed by atoms with Crippen LogP contribution in [0.5, 0.6) is 5.75 Å². The fraction of sp³-hybridized carbons (Fsp3) is 0.318. The molecule has 1 aromatic carbocycles. The van der Waals surface area contributed by atoms with E-state index in [1.165, 1.54) is 4.90 Å². The molecule has 2 aromatic rings. The van der Waals surface area contributed by atoms with Crippen LogP contribution in [-0.2, 0) is 9.59 Å². The average molecular weight is 380 g/mol. The number of aromatic nitrogens is 1. The van der Waals surface area contributed by atoms with E-state index in [0.717, 1.165) is 0 Å². The SMILES string of the molecule is CCOc1ccc(N2C(=O)C(O)=C(C(=O)CC(C)C)C2c2ccccn2)cc1. The molecule has 1 atom stereocenters. The van der Waals surface area contributed by atoms with E-state index in [1.54, 1.807) is 48.7 Å². The Bertz CT molecular complexity index is 889. The van der Waals surface area contributed by atoms with E-state index in [9.17, 15) is 14.7 Å². The van der Waals surface area contributed by atoms with Gasteiger partial charge in [-0.15, -0.1) is 0 Å². The number of aliphatic hydroxyl groups is 1. The number of benzene rings is 1. The third-order valence-corrected chi connectivity index (χ3v) is 4.50. The first kappa shape index (κ1) is 19.6.